The van der Waals surface area contributed by atoms with Gasteiger partial charge in [-0.15, -0.1) is 0 Å². The van der Waals surface area contributed by atoms with Gasteiger partial charge < -0.3 is 5.11 Å². The summed E-state index contributed by atoms with van der Waals surface area (Å²) in [6.07, 6.45) is 0.207. The molecule has 1 aromatic rings. The van der Waals surface area contributed by atoms with E-state index in [1.165, 1.54) is 12.1 Å². The zero-order valence-corrected chi connectivity index (χ0v) is 11.4. The van der Waals surface area contributed by atoms with Crippen molar-refractivity contribution in [3.8, 4) is 0 Å². The van der Waals surface area contributed by atoms with E-state index in [2.05, 4.69) is 0 Å². The molecule has 0 fully saturated rings. The van der Waals surface area contributed by atoms with Gasteiger partial charge in [0, 0.05) is 0 Å². The van der Waals surface area contributed by atoms with Crippen molar-refractivity contribution in [1.29, 1.82) is 0 Å². The van der Waals surface area contributed by atoms with Gasteiger partial charge in [0.15, 0.2) is 0 Å². The first kappa shape index (κ1) is 15.6. The maximum Gasteiger partial charge on any atom is 0.327 e. The van der Waals surface area contributed by atoms with Crippen molar-refractivity contribution in [3.05, 3.63) is 30.1 Å². The van der Waals surface area contributed by atoms with E-state index in [4.69, 9.17) is 0 Å². The Morgan fingerprint density at radius 2 is 1.89 bits per heavy atom. The smallest absolute Gasteiger partial charge is 0.327 e. The molecule has 7 heteroatoms. The van der Waals surface area contributed by atoms with E-state index >= 15 is 0 Å². The maximum atomic E-state index is 12.8. The third-order valence-corrected chi connectivity index (χ3v) is 3.31. The van der Waals surface area contributed by atoms with Crippen molar-refractivity contribution < 1.29 is 23.1 Å². The third-order valence-electron chi connectivity index (χ3n) is 2.51. The molecule has 2 unspecified atom stereocenters. The minimum absolute atomic E-state index is 0.0348. The highest BCUT2D eigenvalue weighted by Crippen LogP contribution is 2.23. The molecule has 106 valence electrons. The Bertz CT molecular complexity index is 463. The van der Waals surface area contributed by atoms with Gasteiger partial charge in [-0.2, -0.15) is 0 Å². The van der Waals surface area contributed by atoms with E-state index in [9.17, 15) is 23.1 Å². The van der Waals surface area contributed by atoms with Crippen molar-refractivity contribution in [3.63, 3.8) is 0 Å². The number of carboxylic acids is 1. The van der Waals surface area contributed by atoms with Crippen LogP contribution in [0, 0.1) is 11.7 Å². The quantitative estimate of drug-likeness (QED) is 0.787. The standard InChI is InChI=1S/C12H16FNO4S/c1-8(2)7-11(12(15)16)14(19(17)18)10-5-3-9(13)4-6-10/h3-6,8,11H,7H2,1-2H3,(H,15,16)(H,17,18). The van der Waals surface area contributed by atoms with Crippen LogP contribution in [0.5, 0.6) is 0 Å². The van der Waals surface area contributed by atoms with E-state index in [-0.39, 0.29) is 18.0 Å². The van der Waals surface area contributed by atoms with Crippen LogP contribution in [0.1, 0.15) is 20.3 Å². The van der Waals surface area contributed by atoms with Crippen LogP contribution in [0.2, 0.25) is 0 Å². The van der Waals surface area contributed by atoms with Crippen molar-refractivity contribution in [2.75, 3.05) is 4.31 Å². The summed E-state index contributed by atoms with van der Waals surface area (Å²) in [5, 5.41) is 9.20. The number of halogens is 1. The van der Waals surface area contributed by atoms with Gasteiger partial charge in [-0.05, 0) is 36.6 Å². The summed E-state index contributed by atoms with van der Waals surface area (Å²) in [4.78, 5) is 11.3. The van der Waals surface area contributed by atoms with Gasteiger partial charge in [0.05, 0.1) is 5.69 Å². The summed E-state index contributed by atoms with van der Waals surface area (Å²) >= 11 is -2.50. The monoisotopic (exact) mass is 289 g/mol. The van der Waals surface area contributed by atoms with E-state index < -0.39 is 29.1 Å². The molecule has 0 aliphatic rings. The number of aliphatic carboxylic acids is 1. The molecule has 0 bridgehead atoms. The molecule has 0 heterocycles. The topological polar surface area (TPSA) is 77.8 Å². The molecule has 2 N–H and O–H groups in total. The van der Waals surface area contributed by atoms with Crippen LogP contribution in [-0.4, -0.2) is 25.9 Å². The Morgan fingerprint density at radius 3 is 2.26 bits per heavy atom. The van der Waals surface area contributed by atoms with E-state index in [0.717, 1.165) is 16.4 Å². The zero-order valence-electron chi connectivity index (χ0n) is 10.6. The highest BCUT2D eigenvalue weighted by Gasteiger charge is 2.30. The highest BCUT2D eigenvalue weighted by molar-refractivity contribution is 7.80. The number of nitrogens with zero attached hydrogens (tertiary/aromatic N) is 1. The molecule has 5 nitrogen and oxygen atoms in total. The molecule has 0 aliphatic carbocycles. The SMILES string of the molecule is CC(C)CC(C(=O)O)N(c1ccc(F)cc1)S(=O)O. The number of hydrogen-bond donors (Lipinski definition) is 2. The lowest BCUT2D eigenvalue weighted by Crippen LogP contribution is -2.43. The Balaban J connectivity index is 3.13. The highest BCUT2D eigenvalue weighted by atomic mass is 32.2. The number of hydrogen-bond acceptors (Lipinski definition) is 2. The summed E-state index contributed by atoms with van der Waals surface area (Å²) in [5.74, 6) is -1.66. The average molecular weight is 289 g/mol. The minimum atomic E-state index is -2.50. The molecule has 0 radical (unpaired) electrons. The molecule has 1 aromatic carbocycles. The third kappa shape index (κ3) is 4.29. The molecular formula is C12H16FNO4S. The predicted octanol–water partition coefficient (Wildman–Crippen LogP) is 2.27. The second-order valence-corrected chi connectivity index (χ2v) is 5.37. The maximum absolute atomic E-state index is 12.8. The summed E-state index contributed by atoms with van der Waals surface area (Å²) < 4.78 is 34.4. The number of anilines is 1. The number of benzene rings is 1. The molecular weight excluding hydrogens is 273 g/mol. The van der Waals surface area contributed by atoms with Crippen molar-refractivity contribution >= 4 is 22.9 Å². The van der Waals surface area contributed by atoms with Crippen molar-refractivity contribution in [1.82, 2.24) is 0 Å². The van der Waals surface area contributed by atoms with Crippen LogP contribution >= 0.6 is 0 Å². The van der Waals surface area contributed by atoms with Gasteiger partial charge in [0.25, 0.3) is 11.3 Å². The van der Waals surface area contributed by atoms with Crippen LogP contribution in [0.3, 0.4) is 0 Å². The van der Waals surface area contributed by atoms with Gasteiger partial charge in [0.1, 0.15) is 11.9 Å². The molecule has 0 aliphatic heterocycles. The number of carboxylic acid groups (broad SMARTS) is 1. The number of rotatable bonds is 6. The Morgan fingerprint density at radius 1 is 1.37 bits per heavy atom. The van der Waals surface area contributed by atoms with Gasteiger partial charge >= 0.3 is 5.97 Å². The van der Waals surface area contributed by atoms with Gasteiger partial charge in [-0.1, -0.05) is 13.8 Å². The van der Waals surface area contributed by atoms with E-state index in [1.54, 1.807) is 0 Å². The van der Waals surface area contributed by atoms with Gasteiger partial charge in [-0.25, -0.2) is 13.4 Å². The van der Waals surface area contributed by atoms with Gasteiger partial charge in [0.2, 0.25) is 0 Å². The van der Waals surface area contributed by atoms with Crippen LogP contribution in [-0.2, 0) is 16.1 Å². The van der Waals surface area contributed by atoms with Crippen LogP contribution in [0.4, 0.5) is 10.1 Å². The lowest BCUT2D eigenvalue weighted by molar-refractivity contribution is -0.138. The first-order valence-corrected chi connectivity index (χ1v) is 6.78. The summed E-state index contributed by atoms with van der Waals surface area (Å²) in [6.45, 7) is 3.64. The molecule has 0 saturated carbocycles. The van der Waals surface area contributed by atoms with Crippen LogP contribution in [0.25, 0.3) is 0 Å². The number of carbonyl (C=O) groups is 1. The lowest BCUT2D eigenvalue weighted by Gasteiger charge is -2.27. The fraction of sp³-hybridized carbons (Fsp3) is 0.417. The molecule has 0 aromatic heterocycles. The fourth-order valence-electron chi connectivity index (χ4n) is 1.71. The molecule has 0 saturated heterocycles. The molecule has 19 heavy (non-hydrogen) atoms. The zero-order chi connectivity index (χ0) is 14.6. The molecule has 0 amide bonds. The lowest BCUT2D eigenvalue weighted by atomic mass is 10.0. The largest absolute Gasteiger partial charge is 0.480 e. The molecule has 2 atom stereocenters. The summed E-state index contributed by atoms with van der Waals surface area (Å²) in [7, 11) is 0. The minimum Gasteiger partial charge on any atom is -0.480 e. The second-order valence-electron chi connectivity index (χ2n) is 4.52. The van der Waals surface area contributed by atoms with Gasteiger partial charge in [-0.3, -0.25) is 8.86 Å². The van der Waals surface area contributed by atoms with E-state index in [1.807, 2.05) is 13.8 Å². The second kappa shape index (κ2) is 6.63. The van der Waals surface area contributed by atoms with Crippen molar-refractivity contribution in [2.24, 2.45) is 5.92 Å². The molecule has 1 rings (SSSR count). The molecule has 0 spiro atoms. The fourth-order valence-corrected chi connectivity index (χ4v) is 2.41. The van der Waals surface area contributed by atoms with Crippen LogP contribution < -0.4 is 4.31 Å². The predicted molar refractivity (Wildman–Crippen MR) is 70.5 cm³/mol. The average Bonchev–Trinajstić information content (AvgIpc) is 2.29. The first-order chi connectivity index (χ1) is 8.82. The van der Waals surface area contributed by atoms with Crippen LogP contribution in [0.15, 0.2) is 24.3 Å². The summed E-state index contributed by atoms with van der Waals surface area (Å²) in [6, 6.07) is 3.64. The van der Waals surface area contributed by atoms with Crippen molar-refractivity contribution in [2.45, 2.75) is 26.3 Å². The Kier molecular flexibility index (Phi) is 5.44. The normalized spacial score (nSPS) is 14.2. The Hall–Kier alpha value is -1.47. The summed E-state index contributed by atoms with van der Waals surface area (Å²) in [5.41, 5.74) is 0.190. The van der Waals surface area contributed by atoms with E-state index in [0.29, 0.717) is 0 Å². The Labute approximate surface area is 113 Å². The first-order valence-electron chi connectivity index (χ1n) is 5.71.